The second-order valence-corrected chi connectivity index (χ2v) is 6.24. The second-order valence-electron chi connectivity index (χ2n) is 3.16. The minimum Gasteiger partial charge on any atom is -0.348 e. The van der Waals surface area contributed by atoms with Gasteiger partial charge in [0.25, 0.3) is 0 Å². The van der Waals surface area contributed by atoms with Crippen LogP contribution >= 0.6 is 23.5 Å². The van der Waals surface area contributed by atoms with E-state index in [0.29, 0.717) is 6.54 Å². The van der Waals surface area contributed by atoms with Crippen LogP contribution in [0.2, 0.25) is 0 Å². The molecule has 0 atom stereocenters. The molecule has 1 rings (SSSR count). The van der Waals surface area contributed by atoms with Crippen molar-refractivity contribution < 1.29 is 57.7 Å². The summed E-state index contributed by atoms with van der Waals surface area (Å²) in [5.41, 5.74) is 6.38. The topological polar surface area (TPSA) is 288 Å². The molecule has 12 N–H and O–H groups in total. The summed E-state index contributed by atoms with van der Waals surface area (Å²) in [6.07, 6.45) is 4.33. The molecule has 0 aliphatic heterocycles. The van der Waals surface area contributed by atoms with E-state index in [9.17, 15) is 0 Å². The van der Waals surface area contributed by atoms with Crippen LogP contribution in [0, 0.1) is 0 Å². The smallest absolute Gasteiger partial charge is 0.348 e. The standard InChI is InChI=1S/C5H9N3.3H3O4P/c6-2-1-5-3-7-4-8-5;3*1-5(2,3)4/h3-4H,1-2,6H2,(H,7,8);3*(H3,1,2,3,4). The Morgan fingerprint density at radius 1 is 0.870 bits per heavy atom. The Labute approximate surface area is 129 Å². The first-order valence-electron chi connectivity index (χ1n) is 4.95. The Balaban J connectivity index is -0.000000240. The summed E-state index contributed by atoms with van der Waals surface area (Å²) >= 11 is 0. The lowest BCUT2D eigenvalue weighted by molar-refractivity contribution is 0.272. The number of nitrogens with zero attached hydrogens (tertiary/aromatic N) is 1. The number of H-pyrrole nitrogens is 1. The molecule has 0 bridgehead atoms. The predicted molar refractivity (Wildman–Crippen MR) is 74.1 cm³/mol. The molecule has 0 fully saturated rings. The third-order valence-corrected chi connectivity index (χ3v) is 0.969. The van der Waals surface area contributed by atoms with Crippen molar-refractivity contribution in [2.75, 3.05) is 6.54 Å². The van der Waals surface area contributed by atoms with Gasteiger partial charge < -0.3 is 54.8 Å². The monoisotopic (exact) mass is 405 g/mol. The van der Waals surface area contributed by atoms with Gasteiger partial charge in [0.15, 0.2) is 0 Å². The number of aromatic amines is 1. The quantitative estimate of drug-likeness (QED) is 0.220. The van der Waals surface area contributed by atoms with Crippen LogP contribution in [-0.4, -0.2) is 60.6 Å². The fraction of sp³-hybridized carbons (Fsp3) is 0.400. The van der Waals surface area contributed by atoms with E-state index in [4.69, 9.17) is 63.5 Å². The molecule has 0 aliphatic carbocycles. The molecule has 0 saturated carbocycles. The molecule has 0 saturated heterocycles. The SMILES string of the molecule is NCCc1cnc[nH]1.O=P(O)(O)O.O=P(O)(O)O.O=P(O)(O)O. The first kappa shape index (κ1) is 27.4. The minimum absolute atomic E-state index is 0.683. The maximum Gasteiger partial charge on any atom is 0.466 e. The summed E-state index contributed by atoms with van der Waals surface area (Å²) in [7, 11) is -13.9. The van der Waals surface area contributed by atoms with Gasteiger partial charge >= 0.3 is 23.5 Å². The molecular weight excluding hydrogens is 387 g/mol. The van der Waals surface area contributed by atoms with Crippen LogP contribution in [0.5, 0.6) is 0 Å². The van der Waals surface area contributed by atoms with Crippen molar-refractivity contribution >= 4 is 23.5 Å². The van der Waals surface area contributed by atoms with E-state index in [1.54, 1.807) is 12.5 Å². The molecule has 1 aromatic rings. The van der Waals surface area contributed by atoms with Gasteiger partial charge in [-0.1, -0.05) is 0 Å². The van der Waals surface area contributed by atoms with Crippen molar-refractivity contribution in [1.29, 1.82) is 0 Å². The van der Waals surface area contributed by atoms with E-state index in [-0.39, 0.29) is 0 Å². The summed E-state index contributed by atoms with van der Waals surface area (Å²) in [4.78, 5) is 71.5. The number of hydrogen-bond donors (Lipinski definition) is 11. The lowest BCUT2D eigenvalue weighted by Gasteiger charge is -1.86. The Kier molecular flexibility index (Phi) is 15.3. The van der Waals surface area contributed by atoms with Gasteiger partial charge in [-0.25, -0.2) is 18.7 Å². The third-order valence-electron chi connectivity index (χ3n) is 0.969. The fourth-order valence-electron chi connectivity index (χ4n) is 0.577. The number of hydrogen-bond acceptors (Lipinski definition) is 5. The molecule has 1 heterocycles. The van der Waals surface area contributed by atoms with Gasteiger partial charge in [0, 0.05) is 18.3 Å². The molecule has 0 aliphatic rings. The minimum atomic E-state index is -4.64. The summed E-state index contributed by atoms with van der Waals surface area (Å²) in [6.45, 7) is 0.683. The van der Waals surface area contributed by atoms with E-state index < -0.39 is 23.5 Å². The molecule has 1 aromatic heterocycles. The first-order chi connectivity index (χ1) is 9.93. The molecule has 0 spiro atoms. The normalized spacial score (nSPS) is 11.0. The third kappa shape index (κ3) is 90.6. The van der Waals surface area contributed by atoms with Crippen molar-refractivity contribution in [2.24, 2.45) is 5.73 Å². The van der Waals surface area contributed by atoms with E-state index in [0.717, 1.165) is 12.1 Å². The van der Waals surface area contributed by atoms with Gasteiger partial charge in [-0.05, 0) is 6.54 Å². The largest absolute Gasteiger partial charge is 0.466 e. The lowest BCUT2D eigenvalue weighted by atomic mass is 10.3. The first-order valence-corrected chi connectivity index (χ1v) is 9.65. The van der Waals surface area contributed by atoms with Crippen LogP contribution in [0.4, 0.5) is 0 Å². The molecule has 0 amide bonds. The lowest BCUT2D eigenvalue weighted by Crippen LogP contribution is -2.02. The average molecular weight is 405 g/mol. The van der Waals surface area contributed by atoms with Crippen molar-refractivity contribution in [3.63, 3.8) is 0 Å². The molecule has 15 nitrogen and oxygen atoms in total. The number of aromatic nitrogens is 2. The van der Waals surface area contributed by atoms with Crippen molar-refractivity contribution in [3.05, 3.63) is 18.2 Å². The molecule has 140 valence electrons. The number of nitrogens with one attached hydrogen (secondary N) is 1. The van der Waals surface area contributed by atoms with E-state index >= 15 is 0 Å². The van der Waals surface area contributed by atoms with Crippen LogP contribution in [0.1, 0.15) is 5.69 Å². The molecule has 0 aromatic carbocycles. The highest BCUT2D eigenvalue weighted by atomic mass is 31.2. The van der Waals surface area contributed by atoms with E-state index in [1.807, 2.05) is 0 Å². The van der Waals surface area contributed by atoms with Gasteiger partial charge in [-0.15, -0.1) is 0 Å². The van der Waals surface area contributed by atoms with Crippen molar-refractivity contribution in [1.82, 2.24) is 9.97 Å². The Hall–Kier alpha value is -0.500. The van der Waals surface area contributed by atoms with Crippen LogP contribution in [0.25, 0.3) is 0 Å². The number of imidazole rings is 1. The summed E-state index contributed by atoms with van der Waals surface area (Å²) in [5, 5.41) is 0. The average Bonchev–Trinajstić information content (AvgIpc) is 2.62. The number of nitrogens with two attached hydrogens (primary N) is 1. The zero-order valence-electron chi connectivity index (χ0n) is 11.2. The van der Waals surface area contributed by atoms with Gasteiger partial charge in [0.1, 0.15) is 0 Å². The van der Waals surface area contributed by atoms with Crippen molar-refractivity contribution in [3.8, 4) is 0 Å². The second kappa shape index (κ2) is 12.9. The van der Waals surface area contributed by atoms with Gasteiger partial charge in [0.05, 0.1) is 6.33 Å². The Bertz CT molecular complexity index is 444. The zero-order chi connectivity index (χ0) is 19.3. The molecule has 18 heteroatoms. The van der Waals surface area contributed by atoms with E-state index in [1.165, 1.54) is 0 Å². The predicted octanol–water partition coefficient (Wildman–Crippen LogP) is -2.87. The number of rotatable bonds is 2. The summed E-state index contributed by atoms with van der Waals surface area (Å²) < 4.78 is 26.6. The van der Waals surface area contributed by atoms with Crippen LogP contribution in [0.3, 0.4) is 0 Å². The summed E-state index contributed by atoms with van der Waals surface area (Å²) in [6, 6.07) is 0. The zero-order valence-corrected chi connectivity index (χ0v) is 13.9. The molecule has 23 heavy (non-hydrogen) atoms. The van der Waals surface area contributed by atoms with Gasteiger partial charge in [-0.3, -0.25) is 0 Å². The highest BCUT2D eigenvalue weighted by molar-refractivity contribution is 7.45. The van der Waals surface area contributed by atoms with E-state index in [2.05, 4.69) is 9.97 Å². The Morgan fingerprint density at radius 3 is 1.35 bits per heavy atom. The highest BCUT2D eigenvalue weighted by Gasteiger charge is 2.01. The molecular formula is C5H18N3O12P3. The maximum absolute atomic E-state index is 8.88. The highest BCUT2D eigenvalue weighted by Crippen LogP contribution is 2.26. The maximum atomic E-state index is 8.88. The number of phosphoric acid groups is 3. The molecule has 0 unspecified atom stereocenters. The van der Waals surface area contributed by atoms with Crippen LogP contribution in [0.15, 0.2) is 12.5 Å². The molecule has 0 radical (unpaired) electrons. The van der Waals surface area contributed by atoms with Gasteiger partial charge in [-0.2, -0.15) is 0 Å². The fourth-order valence-corrected chi connectivity index (χ4v) is 0.577. The van der Waals surface area contributed by atoms with Gasteiger partial charge in [0.2, 0.25) is 0 Å². The van der Waals surface area contributed by atoms with Crippen molar-refractivity contribution in [2.45, 2.75) is 6.42 Å². The Morgan fingerprint density at radius 2 is 1.17 bits per heavy atom. The summed E-state index contributed by atoms with van der Waals surface area (Å²) in [5.74, 6) is 0. The van der Waals surface area contributed by atoms with Crippen LogP contribution in [-0.2, 0) is 20.1 Å². The van der Waals surface area contributed by atoms with Crippen LogP contribution < -0.4 is 5.73 Å².